The monoisotopic (exact) mass is 324 g/mol. The topological polar surface area (TPSA) is 42.5 Å². The van der Waals surface area contributed by atoms with Gasteiger partial charge in [-0.3, -0.25) is 0 Å². The second-order valence-corrected chi connectivity index (χ2v) is 5.17. The molecule has 0 radical (unpaired) electrons. The van der Waals surface area contributed by atoms with Crippen molar-refractivity contribution in [2.75, 3.05) is 37.9 Å². The summed E-state index contributed by atoms with van der Waals surface area (Å²) in [5.74, 6) is 1.59. The van der Waals surface area contributed by atoms with E-state index in [0.29, 0.717) is 13.1 Å². The van der Waals surface area contributed by atoms with Crippen LogP contribution < -0.4 is 20.1 Å². The predicted octanol–water partition coefficient (Wildman–Crippen LogP) is 4.57. The average Bonchev–Trinajstić information content (AvgIpc) is 2.64. The maximum Gasteiger partial charge on any atom is 0.142 e. The van der Waals surface area contributed by atoms with Crippen molar-refractivity contribution in [3.05, 3.63) is 61.7 Å². The van der Waals surface area contributed by atoms with E-state index < -0.39 is 0 Å². The van der Waals surface area contributed by atoms with E-state index in [9.17, 15) is 0 Å². The highest BCUT2D eigenvalue weighted by Gasteiger charge is 2.08. The van der Waals surface area contributed by atoms with Crippen LogP contribution in [-0.4, -0.2) is 27.3 Å². The van der Waals surface area contributed by atoms with Crippen molar-refractivity contribution in [1.29, 1.82) is 0 Å². The summed E-state index contributed by atoms with van der Waals surface area (Å²) in [6, 6.07) is 12.1. The molecule has 0 aliphatic carbocycles. The quantitative estimate of drug-likeness (QED) is 0.663. The lowest BCUT2D eigenvalue weighted by atomic mass is 10.0. The first-order valence-electron chi connectivity index (χ1n) is 7.79. The minimum Gasteiger partial charge on any atom is -0.495 e. The van der Waals surface area contributed by atoms with Crippen molar-refractivity contribution >= 4 is 11.4 Å². The zero-order valence-corrected chi connectivity index (χ0v) is 14.3. The van der Waals surface area contributed by atoms with E-state index in [4.69, 9.17) is 9.47 Å². The Morgan fingerprint density at radius 2 is 1.21 bits per heavy atom. The predicted molar refractivity (Wildman–Crippen MR) is 102 cm³/mol. The Bertz CT molecular complexity index is 649. The van der Waals surface area contributed by atoms with Gasteiger partial charge in [-0.1, -0.05) is 24.3 Å². The fourth-order valence-corrected chi connectivity index (χ4v) is 2.40. The van der Waals surface area contributed by atoms with E-state index in [-0.39, 0.29) is 0 Å². The molecule has 0 fully saturated rings. The molecule has 0 unspecified atom stereocenters. The van der Waals surface area contributed by atoms with Crippen LogP contribution in [0, 0.1) is 0 Å². The molecule has 2 rings (SSSR count). The number of nitrogens with one attached hydrogen (secondary N) is 2. The van der Waals surface area contributed by atoms with Gasteiger partial charge in [-0.2, -0.15) is 0 Å². The van der Waals surface area contributed by atoms with E-state index in [0.717, 1.165) is 34.0 Å². The molecule has 126 valence electrons. The fourth-order valence-electron chi connectivity index (χ4n) is 2.40. The lowest BCUT2D eigenvalue weighted by Crippen LogP contribution is -2.01. The number of hydrogen-bond donors (Lipinski definition) is 2. The zero-order valence-electron chi connectivity index (χ0n) is 14.3. The van der Waals surface area contributed by atoms with Crippen molar-refractivity contribution in [1.82, 2.24) is 0 Å². The van der Waals surface area contributed by atoms with Gasteiger partial charge in [0.1, 0.15) is 11.5 Å². The minimum absolute atomic E-state index is 0.688. The van der Waals surface area contributed by atoms with Crippen molar-refractivity contribution in [2.24, 2.45) is 0 Å². The first-order chi connectivity index (χ1) is 11.7. The highest BCUT2D eigenvalue weighted by atomic mass is 16.5. The molecule has 2 aromatic carbocycles. The maximum atomic E-state index is 5.49. The van der Waals surface area contributed by atoms with E-state index in [1.54, 1.807) is 14.2 Å². The second-order valence-electron chi connectivity index (χ2n) is 5.17. The van der Waals surface area contributed by atoms with Crippen LogP contribution in [0.25, 0.3) is 11.1 Å². The Balaban J connectivity index is 2.33. The Morgan fingerprint density at radius 1 is 0.792 bits per heavy atom. The molecule has 0 heterocycles. The van der Waals surface area contributed by atoms with Crippen molar-refractivity contribution < 1.29 is 9.47 Å². The summed E-state index contributed by atoms with van der Waals surface area (Å²) < 4.78 is 11.0. The third kappa shape index (κ3) is 4.10. The van der Waals surface area contributed by atoms with Gasteiger partial charge in [0.05, 0.1) is 25.6 Å². The highest BCUT2D eigenvalue weighted by molar-refractivity contribution is 5.75. The molecule has 0 aliphatic rings. The average molecular weight is 324 g/mol. The molecule has 4 heteroatoms. The number of ether oxygens (including phenoxy) is 2. The summed E-state index contributed by atoms with van der Waals surface area (Å²) in [5.41, 5.74) is 4.00. The Labute approximate surface area is 143 Å². The van der Waals surface area contributed by atoms with Gasteiger partial charge in [-0.25, -0.2) is 0 Å². The van der Waals surface area contributed by atoms with Gasteiger partial charge in [0.15, 0.2) is 0 Å². The van der Waals surface area contributed by atoms with Crippen LogP contribution in [0.15, 0.2) is 61.7 Å². The summed E-state index contributed by atoms with van der Waals surface area (Å²) in [4.78, 5) is 0. The molecule has 0 aliphatic heterocycles. The van der Waals surface area contributed by atoms with Crippen LogP contribution in [-0.2, 0) is 0 Å². The molecule has 0 saturated heterocycles. The number of benzene rings is 2. The third-order valence-electron chi connectivity index (χ3n) is 3.61. The number of rotatable bonds is 9. The molecule has 0 amide bonds. The molecule has 0 aromatic heterocycles. The van der Waals surface area contributed by atoms with Crippen LogP contribution in [0.4, 0.5) is 11.4 Å². The van der Waals surface area contributed by atoms with E-state index in [1.165, 1.54) is 0 Å². The Kier molecular flexibility index (Phi) is 6.32. The SMILES string of the molecule is C=CCNc1ccc(-c2ccc(NCC=C)c(OC)c2)cc1OC. The van der Waals surface area contributed by atoms with Gasteiger partial charge in [0, 0.05) is 13.1 Å². The molecule has 0 saturated carbocycles. The van der Waals surface area contributed by atoms with Crippen LogP contribution in [0.3, 0.4) is 0 Å². The third-order valence-corrected chi connectivity index (χ3v) is 3.61. The highest BCUT2D eigenvalue weighted by Crippen LogP contribution is 2.34. The number of anilines is 2. The van der Waals surface area contributed by atoms with Crippen LogP contribution in [0.5, 0.6) is 11.5 Å². The molecule has 0 atom stereocenters. The Morgan fingerprint density at radius 3 is 1.54 bits per heavy atom. The molecule has 0 bridgehead atoms. The number of methoxy groups -OCH3 is 2. The normalized spacial score (nSPS) is 9.92. The fraction of sp³-hybridized carbons (Fsp3) is 0.200. The molecule has 24 heavy (non-hydrogen) atoms. The minimum atomic E-state index is 0.688. The van der Waals surface area contributed by atoms with Gasteiger partial charge >= 0.3 is 0 Å². The molecular formula is C20H24N2O2. The summed E-state index contributed by atoms with van der Waals surface area (Å²) in [6.07, 6.45) is 3.63. The largest absolute Gasteiger partial charge is 0.495 e. The van der Waals surface area contributed by atoms with E-state index in [2.05, 4.69) is 35.9 Å². The first-order valence-corrected chi connectivity index (χ1v) is 7.79. The smallest absolute Gasteiger partial charge is 0.142 e. The summed E-state index contributed by atoms with van der Waals surface area (Å²) in [7, 11) is 3.34. The van der Waals surface area contributed by atoms with Gasteiger partial charge in [0.2, 0.25) is 0 Å². The maximum absolute atomic E-state index is 5.49. The van der Waals surface area contributed by atoms with Crippen molar-refractivity contribution in [2.45, 2.75) is 0 Å². The van der Waals surface area contributed by atoms with E-state index >= 15 is 0 Å². The second kappa shape index (κ2) is 8.67. The lowest BCUT2D eigenvalue weighted by Gasteiger charge is -2.14. The molecule has 0 spiro atoms. The summed E-state index contributed by atoms with van der Waals surface area (Å²) in [5, 5.41) is 6.52. The molecule has 4 nitrogen and oxygen atoms in total. The van der Waals surface area contributed by atoms with Gasteiger partial charge in [-0.05, 0) is 35.4 Å². The van der Waals surface area contributed by atoms with Crippen LogP contribution in [0.2, 0.25) is 0 Å². The molecule has 2 N–H and O–H groups in total. The van der Waals surface area contributed by atoms with Crippen LogP contribution in [0.1, 0.15) is 0 Å². The van der Waals surface area contributed by atoms with E-state index in [1.807, 2.05) is 36.4 Å². The first kappa shape index (κ1) is 17.5. The zero-order chi connectivity index (χ0) is 17.4. The number of hydrogen-bond acceptors (Lipinski definition) is 4. The Hall–Kier alpha value is -2.88. The summed E-state index contributed by atoms with van der Waals surface area (Å²) in [6.45, 7) is 8.81. The van der Waals surface area contributed by atoms with Crippen molar-refractivity contribution in [3.8, 4) is 22.6 Å². The van der Waals surface area contributed by atoms with Gasteiger partial charge in [0.25, 0.3) is 0 Å². The lowest BCUT2D eigenvalue weighted by molar-refractivity contribution is 0.416. The molecular weight excluding hydrogens is 300 g/mol. The van der Waals surface area contributed by atoms with Gasteiger partial charge < -0.3 is 20.1 Å². The molecule has 2 aromatic rings. The summed E-state index contributed by atoms with van der Waals surface area (Å²) >= 11 is 0. The standard InChI is InChI=1S/C20H24N2O2/c1-5-11-21-17-9-7-15(13-19(17)23-3)16-8-10-18(22-12-6-2)20(14-16)24-4/h5-10,13-14,21-22H,1-2,11-12H2,3-4H3. The van der Waals surface area contributed by atoms with Gasteiger partial charge in [-0.15, -0.1) is 13.2 Å². The van der Waals surface area contributed by atoms with Crippen LogP contribution >= 0.6 is 0 Å². The van der Waals surface area contributed by atoms with Crippen molar-refractivity contribution in [3.63, 3.8) is 0 Å².